The summed E-state index contributed by atoms with van der Waals surface area (Å²) >= 11 is 0. The molecule has 0 aliphatic carbocycles. The Balaban J connectivity index is 1.95. The Morgan fingerprint density at radius 3 is 2.41 bits per heavy atom. The number of nitriles is 1. The van der Waals surface area contributed by atoms with E-state index in [0.717, 1.165) is 30.0 Å². The number of hydrogen-bond acceptors (Lipinski definition) is 3. The van der Waals surface area contributed by atoms with Gasteiger partial charge < -0.3 is 4.74 Å². The van der Waals surface area contributed by atoms with E-state index in [2.05, 4.69) is 24.9 Å². The van der Waals surface area contributed by atoms with Crippen LogP contribution in [0.25, 0.3) is 0 Å². The van der Waals surface area contributed by atoms with Crippen LogP contribution in [0.4, 0.5) is 5.69 Å². The first-order chi connectivity index (χ1) is 10.7. The van der Waals surface area contributed by atoms with E-state index in [9.17, 15) is 0 Å². The molecule has 0 spiro atoms. The lowest BCUT2D eigenvalue weighted by Gasteiger charge is -2.10. The molecule has 0 bridgehead atoms. The van der Waals surface area contributed by atoms with Crippen molar-refractivity contribution in [1.82, 2.24) is 0 Å². The van der Waals surface area contributed by atoms with Gasteiger partial charge in [-0.05, 0) is 60.0 Å². The molecule has 22 heavy (non-hydrogen) atoms. The predicted octanol–water partition coefficient (Wildman–Crippen LogP) is 4.73. The molecule has 0 fully saturated rings. The van der Waals surface area contributed by atoms with Gasteiger partial charge in [-0.3, -0.25) is 4.99 Å². The summed E-state index contributed by atoms with van der Waals surface area (Å²) < 4.78 is 5.73. The maximum Gasteiger partial charge on any atom is 0.119 e. The summed E-state index contributed by atoms with van der Waals surface area (Å²) in [5, 5.41) is 8.76. The van der Waals surface area contributed by atoms with Gasteiger partial charge >= 0.3 is 0 Å². The minimum Gasteiger partial charge on any atom is -0.493 e. The Morgan fingerprint density at radius 1 is 1.14 bits per heavy atom. The van der Waals surface area contributed by atoms with E-state index in [1.54, 1.807) is 18.3 Å². The first-order valence-corrected chi connectivity index (χ1v) is 7.48. The molecule has 3 heteroatoms. The van der Waals surface area contributed by atoms with E-state index in [1.807, 2.05) is 36.4 Å². The molecule has 0 aromatic heterocycles. The Labute approximate surface area is 131 Å². The highest BCUT2D eigenvalue weighted by molar-refractivity contribution is 5.82. The maximum absolute atomic E-state index is 8.76. The van der Waals surface area contributed by atoms with Crippen LogP contribution in [0.1, 0.15) is 31.4 Å². The van der Waals surface area contributed by atoms with Crippen LogP contribution in [0.5, 0.6) is 5.75 Å². The number of rotatable bonds is 6. The molecular weight excluding hydrogens is 272 g/mol. The van der Waals surface area contributed by atoms with Gasteiger partial charge in [0.2, 0.25) is 0 Å². The van der Waals surface area contributed by atoms with Crippen LogP contribution in [-0.4, -0.2) is 12.8 Å². The summed E-state index contributed by atoms with van der Waals surface area (Å²) in [7, 11) is 0. The molecule has 0 saturated carbocycles. The quantitative estimate of drug-likeness (QED) is 0.722. The minimum absolute atomic E-state index is 0.567. The fourth-order valence-electron chi connectivity index (χ4n) is 1.78. The Bertz CT molecular complexity index is 651. The molecule has 0 heterocycles. The monoisotopic (exact) mass is 292 g/mol. The molecule has 2 aromatic rings. The number of nitrogens with zero attached hydrogens (tertiary/aromatic N) is 2. The molecule has 2 aromatic carbocycles. The van der Waals surface area contributed by atoms with Gasteiger partial charge in [0.15, 0.2) is 0 Å². The van der Waals surface area contributed by atoms with Crippen LogP contribution < -0.4 is 4.74 Å². The molecule has 112 valence electrons. The molecule has 1 atom stereocenters. The normalized spacial score (nSPS) is 12.0. The standard InChI is InChI=1S/C19H20N2O/c1-3-15(2)14-22-19-10-6-17(7-11-19)13-21-18-8-4-16(12-20)5-9-18/h4-11,13,15H,3,14H2,1-2H3. The minimum atomic E-state index is 0.567. The number of hydrogen-bond donors (Lipinski definition) is 0. The fraction of sp³-hybridized carbons (Fsp3) is 0.263. The highest BCUT2D eigenvalue weighted by Gasteiger charge is 2.00. The van der Waals surface area contributed by atoms with Gasteiger partial charge in [-0.15, -0.1) is 0 Å². The van der Waals surface area contributed by atoms with Crippen LogP contribution >= 0.6 is 0 Å². The zero-order valence-electron chi connectivity index (χ0n) is 13.0. The molecule has 3 nitrogen and oxygen atoms in total. The van der Waals surface area contributed by atoms with Gasteiger partial charge in [0.1, 0.15) is 5.75 Å². The SMILES string of the molecule is CCC(C)COc1ccc(C=Nc2ccc(C#N)cc2)cc1. The molecule has 0 N–H and O–H groups in total. The summed E-state index contributed by atoms with van der Waals surface area (Å²) in [6.07, 6.45) is 2.93. The molecule has 0 saturated heterocycles. The van der Waals surface area contributed by atoms with E-state index in [1.165, 1.54) is 0 Å². The zero-order valence-corrected chi connectivity index (χ0v) is 13.0. The second-order valence-corrected chi connectivity index (χ2v) is 5.31. The second-order valence-electron chi connectivity index (χ2n) is 5.31. The first-order valence-electron chi connectivity index (χ1n) is 7.48. The number of ether oxygens (including phenoxy) is 1. The van der Waals surface area contributed by atoms with Crippen LogP contribution in [-0.2, 0) is 0 Å². The largest absolute Gasteiger partial charge is 0.493 e. The number of aliphatic imine (C=N–C) groups is 1. The van der Waals surface area contributed by atoms with Crippen molar-refractivity contribution < 1.29 is 4.74 Å². The Morgan fingerprint density at radius 2 is 1.82 bits per heavy atom. The van der Waals surface area contributed by atoms with Gasteiger partial charge in [0.25, 0.3) is 0 Å². The number of benzene rings is 2. The van der Waals surface area contributed by atoms with Crippen LogP contribution in [0, 0.1) is 17.2 Å². The topological polar surface area (TPSA) is 45.4 Å². The van der Waals surface area contributed by atoms with Gasteiger partial charge in [-0.2, -0.15) is 5.26 Å². The van der Waals surface area contributed by atoms with Crippen molar-refractivity contribution in [2.45, 2.75) is 20.3 Å². The van der Waals surface area contributed by atoms with Crippen LogP contribution in [0.15, 0.2) is 53.5 Å². The lowest BCUT2D eigenvalue weighted by atomic mass is 10.1. The molecular formula is C19H20N2O. The summed E-state index contributed by atoms with van der Waals surface area (Å²) in [4.78, 5) is 4.39. The first kappa shape index (κ1) is 15.8. The third-order valence-corrected chi connectivity index (χ3v) is 3.47. The average Bonchev–Trinajstić information content (AvgIpc) is 2.59. The lowest BCUT2D eigenvalue weighted by molar-refractivity contribution is 0.256. The van der Waals surface area contributed by atoms with Crippen molar-refractivity contribution in [3.8, 4) is 11.8 Å². The van der Waals surface area contributed by atoms with E-state index in [-0.39, 0.29) is 0 Å². The van der Waals surface area contributed by atoms with Gasteiger partial charge in [0, 0.05) is 6.21 Å². The highest BCUT2D eigenvalue weighted by Crippen LogP contribution is 2.15. The molecule has 0 aliphatic heterocycles. The molecule has 2 rings (SSSR count). The van der Waals surface area contributed by atoms with E-state index in [4.69, 9.17) is 10.00 Å². The molecule has 0 amide bonds. The van der Waals surface area contributed by atoms with Crippen LogP contribution in [0.2, 0.25) is 0 Å². The summed E-state index contributed by atoms with van der Waals surface area (Å²) in [6.45, 7) is 5.09. The lowest BCUT2D eigenvalue weighted by Crippen LogP contribution is -2.07. The second kappa shape index (κ2) is 7.99. The van der Waals surface area contributed by atoms with Crippen molar-refractivity contribution >= 4 is 11.9 Å². The average molecular weight is 292 g/mol. The van der Waals surface area contributed by atoms with Gasteiger partial charge in [-0.25, -0.2) is 0 Å². The smallest absolute Gasteiger partial charge is 0.119 e. The Kier molecular flexibility index (Phi) is 5.73. The van der Waals surface area contributed by atoms with E-state index in [0.29, 0.717) is 11.5 Å². The van der Waals surface area contributed by atoms with Crippen molar-refractivity contribution in [2.75, 3.05) is 6.61 Å². The fourth-order valence-corrected chi connectivity index (χ4v) is 1.78. The zero-order chi connectivity index (χ0) is 15.8. The van der Waals surface area contributed by atoms with E-state index < -0.39 is 0 Å². The third-order valence-electron chi connectivity index (χ3n) is 3.47. The third kappa shape index (κ3) is 4.75. The predicted molar refractivity (Wildman–Crippen MR) is 89.8 cm³/mol. The van der Waals surface area contributed by atoms with Gasteiger partial charge in [-0.1, -0.05) is 20.3 Å². The summed E-state index contributed by atoms with van der Waals surface area (Å²) in [5.41, 5.74) is 2.48. The van der Waals surface area contributed by atoms with E-state index >= 15 is 0 Å². The highest BCUT2D eigenvalue weighted by atomic mass is 16.5. The summed E-state index contributed by atoms with van der Waals surface area (Å²) in [5.74, 6) is 1.45. The summed E-state index contributed by atoms with van der Waals surface area (Å²) in [6, 6.07) is 17.2. The molecule has 0 radical (unpaired) electrons. The van der Waals surface area contributed by atoms with Crippen LogP contribution in [0.3, 0.4) is 0 Å². The van der Waals surface area contributed by atoms with Crippen molar-refractivity contribution in [3.05, 3.63) is 59.7 Å². The molecule has 1 unspecified atom stereocenters. The molecule has 0 aliphatic rings. The van der Waals surface area contributed by atoms with Crippen molar-refractivity contribution in [3.63, 3.8) is 0 Å². The maximum atomic E-state index is 8.76. The Hall–Kier alpha value is -2.60. The van der Waals surface area contributed by atoms with Gasteiger partial charge in [0.05, 0.1) is 23.9 Å². The van der Waals surface area contributed by atoms with Crippen molar-refractivity contribution in [1.29, 1.82) is 5.26 Å². The van der Waals surface area contributed by atoms with Crippen molar-refractivity contribution in [2.24, 2.45) is 10.9 Å².